The van der Waals surface area contributed by atoms with Crippen LogP contribution in [0.25, 0.3) is 0 Å². The molecule has 22 heavy (non-hydrogen) atoms. The van der Waals surface area contributed by atoms with Gasteiger partial charge in [0.1, 0.15) is 0 Å². The fourth-order valence-corrected chi connectivity index (χ4v) is 6.37. The summed E-state index contributed by atoms with van der Waals surface area (Å²) >= 11 is -0.460. The van der Waals surface area contributed by atoms with Crippen LogP contribution in [-0.4, -0.2) is 13.2 Å². The van der Waals surface area contributed by atoms with E-state index < -0.39 is 22.9 Å². The van der Waals surface area contributed by atoms with Gasteiger partial charge in [0.05, 0.1) is 0 Å². The Kier molecular flexibility index (Phi) is 18.7. The van der Waals surface area contributed by atoms with Crippen LogP contribution >= 0.6 is 0 Å². The maximum absolute atomic E-state index is 9.64. The van der Waals surface area contributed by atoms with Crippen molar-refractivity contribution in [2.45, 2.75) is 56.0 Å². The molecule has 0 amide bonds. The molecule has 1 aliphatic rings. The van der Waals surface area contributed by atoms with Crippen molar-refractivity contribution in [1.29, 1.82) is 0 Å². The van der Waals surface area contributed by atoms with Crippen molar-refractivity contribution >= 4 is 0 Å². The van der Waals surface area contributed by atoms with Gasteiger partial charge in [0.15, 0.2) is 0 Å². The van der Waals surface area contributed by atoms with Crippen molar-refractivity contribution in [3.63, 3.8) is 0 Å². The molecule has 0 radical (unpaired) electrons. The monoisotopic (exact) mass is 472 g/mol. The molecule has 0 N–H and O–H groups in total. The normalized spacial score (nSPS) is 12.1. The molecule has 0 saturated heterocycles. The second-order valence-electron chi connectivity index (χ2n) is 5.97. The third-order valence-corrected chi connectivity index (χ3v) is 7.59. The van der Waals surface area contributed by atoms with E-state index in [1.807, 2.05) is 0 Å². The molecule has 2 nitrogen and oxygen atoms in total. The average molecular weight is 471 g/mol. The van der Waals surface area contributed by atoms with E-state index in [0.29, 0.717) is 3.17 Å². The summed E-state index contributed by atoms with van der Waals surface area (Å²) < 4.78 is 2.42. The van der Waals surface area contributed by atoms with Gasteiger partial charge in [0.2, 0.25) is 0 Å². The second-order valence-corrected chi connectivity index (χ2v) is 14.6. The third-order valence-electron chi connectivity index (χ3n) is 2.41. The van der Waals surface area contributed by atoms with E-state index in [4.69, 9.17) is 0 Å². The second kappa shape index (κ2) is 17.1. The molecule has 124 valence electrons. The van der Waals surface area contributed by atoms with Crippen LogP contribution in [0.4, 0.5) is 0 Å². The van der Waals surface area contributed by atoms with Gasteiger partial charge >= 0.3 is 74.8 Å². The van der Waals surface area contributed by atoms with E-state index in [1.54, 1.807) is 15.5 Å². The average Bonchev–Trinajstić information content (AvgIpc) is 2.95. The minimum atomic E-state index is -0.460. The van der Waals surface area contributed by atoms with Crippen LogP contribution in [0.5, 0.6) is 0 Å². The Morgan fingerprint density at radius 3 is 1.82 bits per heavy atom. The SMILES string of the molecule is C=CCCC[O-].C=CCCC[O-].C[C](C)(C)[Hf+2][C]1=CC=CC1. The predicted octanol–water partition coefficient (Wildman–Crippen LogP) is 3.76. The van der Waals surface area contributed by atoms with Crippen LogP contribution in [-0.2, 0) is 22.9 Å². The van der Waals surface area contributed by atoms with Crippen LogP contribution in [0.3, 0.4) is 0 Å². The molecule has 0 aromatic heterocycles. The molecule has 1 aliphatic carbocycles. The number of allylic oxidation sites excluding steroid dienone is 6. The molecule has 3 heteroatoms. The van der Waals surface area contributed by atoms with Crippen LogP contribution in [0, 0.1) is 0 Å². The molecule has 0 aliphatic heterocycles. The van der Waals surface area contributed by atoms with Crippen molar-refractivity contribution in [3.05, 3.63) is 46.9 Å². The zero-order chi connectivity index (χ0) is 17.3. The van der Waals surface area contributed by atoms with Gasteiger partial charge in [-0.1, -0.05) is 25.0 Å². The fraction of sp³-hybridized carbons (Fsp3) is 0.579. The molecule has 0 aromatic carbocycles. The van der Waals surface area contributed by atoms with E-state index in [1.165, 1.54) is 6.42 Å². The Morgan fingerprint density at radius 2 is 1.59 bits per heavy atom. The molecular weight excluding hydrogens is 439 g/mol. The first-order valence-electron chi connectivity index (χ1n) is 7.93. The van der Waals surface area contributed by atoms with Gasteiger partial charge in [-0.25, -0.2) is 0 Å². The van der Waals surface area contributed by atoms with Gasteiger partial charge < -0.3 is 10.2 Å². The first kappa shape index (κ1) is 24.0. The Labute approximate surface area is 149 Å². The Morgan fingerprint density at radius 1 is 1.09 bits per heavy atom. The van der Waals surface area contributed by atoms with E-state index in [9.17, 15) is 10.2 Å². The topological polar surface area (TPSA) is 46.1 Å². The summed E-state index contributed by atoms with van der Waals surface area (Å²) in [5.41, 5.74) is 0. The van der Waals surface area contributed by atoms with Gasteiger partial charge in [-0.2, -0.15) is 0 Å². The fourth-order valence-electron chi connectivity index (χ4n) is 1.48. The number of hydrogen-bond donors (Lipinski definition) is 0. The molecule has 0 unspecified atom stereocenters. The molecule has 0 heterocycles. The van der Waals surface area contributed by atoms with Gasteiger partial charge in [0.25, 0.3) is 0 Å². The summed E-state index contributed by atoms with van der Waals surface area (Å²) in [5.74, 6) is 0. The Bertz CT molecular complexity index is 313. The standard InChI is InChI=1S/2C5H9O.C5H5.C4H9.Hf/c2*1-2-3-4-5-6;1-2-4-5-3-1;1-4(2)3;/h2*2H,1,3-5H2;1-3H,4H2;1-3H3;/q2*-1;;;+2. The van der Waals surface area contributed by atoms with Crippen molar-refractivity contribution in [1.82, 2.24) is 0 Å². The summed E-state index contributed by atoms with van der Waals surface area (Å²) in [4.78, 5) is 0. The summed E-state index contributed by atoms with van der Waals surface area (Å²) in [6, 6.07) is 0. The molecular formula is C19H32HfO2. The van der Waals surface area contributed by atoms with Gasteiger partial charge in [0, 0.05) is 0 Å². The van der Waals surface area contributed by atoms with Crippen LogP contribution in [0.15, 0.2) is 46.9 Å². The molecule has 1 rings (SSSR count). The Hall–Kier alpha value is -0.250. The van der Waals surface area contributed by atoms with Gasteiger partial charge in [-0.3, -0.25) is 0 Å². The van der Waals surface area contributed by atoms with Gasteiger partial charge in [-0.15, -0.1) is 26.4 Å². The first-order chi connectivity index (χ1) is 10.4. The molecule has 0 saturated carbocycles. The van der Waals surface area contributed by atoms with Crippen molar-refractivity contribution in [3.8, 4) is 0 Å². The molecule has 0 aromatic rings. The molecule has 0 bridgehead atoms. The summed E-state index contributed by atoms with van der Waals surface area (Å²) in [7, 11) is 0. The zero-order valence-electron chi connectivity index (χ0n) is 14.6. The number of hydrogen-bond acceptors (Lipinski definition) is 2. The van der Waals surface area contributed by atoms with E-state index in [-0.39, 0.29) is 13.2 Å². The zero-order valence-corrected chi connectivity index (χ0v) is 18.2. The Balaban J connectivity index is 0. The summed E-state index contributed by atoms with van der Waals surface area (Å²) in [6.07, 6.45) is 14.8. The van der Waals surface area contributed by atoms with E-state index in [2.05, 4.69) is 52.2 Å². The summed E-state index contributed by atoms with van der Waals surface area (Å²) in [5, 5.41) is 19.3. The van der Waals surface area contributed by atoms with Crippen molar-refractivity contribution < 1.29 is 33.1 Å². The minimum absolute atomic E-state index is 0.0337. The molecule has 0 atom stereocenters. The van der Waals surface area contributed by atoms with Gasteiger partial charge in [-0.05, 0) is 12.8 Å². The predicted molar refractivity (Wildman–Crippen MR) is 90.2 cm³/mol. The molecule has 0 fully saturated rings. The number of unbranched alkanes of at least 4 members (excludes halogenated alkanes) is 2. The van der Waals surface area contributed by atoms with E-state index >= 15 is 0 Å². The van der Waals surface area contributed by atoms with Crippen molar-refractivity contribution in [2.24, 2.45) is 0 Å². The van der Waals surface area contributed by atoms with Crippen LogP contribution in [0.1, 0.15) is 52.9 Å². The van der Waals surface area contributed by atoms with Crippen LogP contribution < -0.4 is 10.2 Å². The first-order valence-corrected chi connectivity index (χ1v) is 11.5. The van der Waals surface area contributed by atoms with Crippen molar-refractivity contribution in [2.75, 3.05) is 13.2 Å². The summed E-state index contributed by atoms with van der Waals surface area (Å²) in [6.45, 7) is 14.1. The van der Waals surface area contributed by atoms with E-state index in [0.717, 1.165) is 25.7 Å². The number of rotatable bonds is 7. The molecule has 0 spiro atoms. The third kappa shape index (κ3) is 22.0. The maximum atomic E-state index is 9.64. The van der Waals surface area contributed by atoms with Crippen LogP contribution in [0.2, 0.25) is 3.17 Å². The quantitative estimate of drug-likeness (QED) is 0.323.